The van der Waals surface area contributed by atoms with Crippen molar-refractivity contribution in [3.05, 3.63) is 23.8 Å². The van der Waals surface area contributed by atoms with Gasteiger partial charge in [0, 0.05) is 12.8 Å². The first kappa shape index (κ1) is 13.2. The van der Waals surface area contributed by atoms with Gasteiger partial charge in [-0.25, -0.2) is 4.90 Å². The molecule has 4 heteroatoms. The quantitative estimate of drug-likeness (QED) is 0.631. The number of aryl methyl sites for hydroxylation is 1. The molecule has 0 radical (unpaired) electrons. The SMILES string of the molecule is Cc1ccc(N)c(N2C(=O)CC3(CCCC3)CC2=O)c1. The molecule has 1 aliphatic carbocycles. The van der Waals surface area contributed by atoms with E-state index in [-0.39, 0.29) is 17.2 Å². The fourth-order valence-corrected chi connectivity index (χ4v) is 3.60. The Morgan fingerprint density at radius 3 is 2.30 bits per heavy atom. The van der Waals surface area contributed by atoms with Crippen LogP contribution in [-0.4, -0.2) is 11.8 Å². The first-order valence-corrected chi connectivity index (χ1v) is 7.23. The highest BCUT2D eigenvalue weighted by atomic mass is 16.2. The number of hydrogen-bond acceptors (Lipinski definition) is 3. The van der Waals surface area contributed by atoms with Crippen molar-refractivity contribution in [1.29, 1.82) is 0 Å². The van der Waals surface area contributed by atoms with Crippen LogP contribution in [0.15, 0.2) is 18.2 Å². The fraction of sp³-hybridized carbons (Fsp3) is 0.500. The van der Waals surface area contributed by atoms with E-state index in [0.29, 0.717) is 24.2 Å². The van der Waals surface area contributed by atoms with Gasteiger partial charge in [0.15, 0.2) is 0 Å². The van der Waals surface area contributed by atoms with Crippen LogP contribution >= 0.6 is 0 Å². The molecular formula is C16H20N2O2. The van der Waals surface area contributed by atoms with Crippen molar-refractivity contribution in [2.45, 2.75) is 45.4 Å². The molecule has 2 amide bonds. The Morgan fingerprint density at radius 1 is 1.10 bits per heavy atom. The van der Waals surface area contributed by atoms with Gasteiger partial charge in [0.2, 0.25) is 11.8 Å². The van der Waals surface area contributed by atoms with Gasteiger partial charge in [-0.05, 0) is 42.9 Å². The molecule has 1 heterocycles. The number of nitrogens with two attached hydrogens (primary N) is 1. The summed E-state index contributed by atoms with van der Waals surface area (Å²) < 4.78 is 0. The third-order valence-corrected chi connectivity index (χ3v) is 4.64. The minimum absolute atomic E-state index is 0.0662. The van der Waals surface area contributed by atoms with Crippen molar-refractivity contribution in [2.75, 3.05) is 10.6 Å². The molecule has 0 bridgehead atoms. The van der Waals surface area contributed by atoms with Crippen LogP contribution in [0.4, 0.5) is 11.4 Å². The number of benzene rings is 1. The zero-order chi connectivity index (χ0) is 14.3. The van der Waals surface area contributed by atoms with Crippen LogP contribution in [0.25, 0.3) is 0 Å². The number of rotatable bonds is 1. The number of carbonyl (C=O) groups excluding carboxylic acids is 2. The highest BCUT2D eigenvalue weighted by Gasteiger charge is 2.45. The highest BCUT2D eigenvalue weighted by Crippen LogP contribution is 2.48. The normalized spacial score (nSPS) is 21.8. The molecule has 3 rings (SSSR count). The number of nitrogen functional groups attached to an aromatic ring is 1. The number of amides is 2. The third kappa shape index (κ3) is 2.09. The van der Waals surface area contributed by atoms with E-state index in [1.54, 1.807) is 6.07 Å². The Labute approximate surface area is 118 Å². The summed E-state index contributed by atoms with van der Waals surface area (Å²) in [5.41, 5.74) is 7.91. The smallest absolute Gasteiger partial charge is 0.234 e. The topological polar surface area (TPSA) is 63.4 Å². The summed E-state index contributed by atoms with van der Waals surface area (Å²) >= 11 is 0. The highest BCUT2D eigenvalue weighted by molar-refractivity contribution is 6.18. The number of anilines is 2. The van der Waals surface area contributed by atoms with Crippen molar-refractivity contribution < 1.29 is 9.59 Å². The monoisotopic (exact) mass is 272 g/mol. The lowest BCUT2D eigenvalue weighted by molar-refractivity contribution is -0.133. The lowest BCUT2D eigenvalue weighted by Crippen LogP contribution is -2.47. The summed E-state index contributed by atoms with van der Waals surface area (Å²) in [5.74, 6) is -0.194. The van der Waals surface area contributed by atoms with Gasteiger partial charge < -0.3 is 5.73 Å². The van der Waals surface area contributed by atoms with Gasteiger partial charge in [0.25, 0.3) is 0 Å². The molecular weight excluding hydrogens is 252 g/mol. The molecule has 1 aromatic rings. The summed E-state index contributed by atoms with van der Waals surface area (Å²) in [4.78, 5) is 26.3. The van der Waals surface area contributed by atoms with Gasteiger partial charge in [0.05, 0.1) is 11.4 Å². The van der Waals surface area contributed by atoms with Crippen LogP contribution < -0.4 is 10.6 Å². The molecule has 2 N–H and O–H groups in total. The largest absolute Gasteiger partial charge is 0.397 e. The lowest BCUT2D eigenvalue weighted by Gasteiger charge is -2.37. The second-order valence-corrected chi connectivity index (χ2v) is 6.25. The molecule has 1 spiro atoms. The Kier molecular flexibility index (Phi) is 3.04. The second-order valence-electron chi connectivity index (χ2n) is 6.25. The molecule has 106 valence electrons. The minimum atomic E-state index is -0.0968. The Hall–Kier alpha value is -1.84. The number of nitrogens with zero attached hydrogens (tertiary/aromatic N) is 1. The zero-order valence-electron chi connectivity index (χ0n) is 11.8. The molecule has 1 saturated heterocycles. The van der Waals surface area contributed by atoms with Gasteiger partial charge >= 0.3 is 0 Å². The van der Waals surface area contributed by atoms with Crippen LogP contribution in [0, 0.1) is 12.3 Å². The van der Waals surface area contributed by atoms with E-state index >= 15 is 0 Å². The summed E-state index contributed by atoms with van der Waals surface area (Å²) in [6.45, 7) is 1.93. The molecule has 4 nitrogen and oxygen atoms in total. The number of carbonyl (C=O) groups is 2. The Balaban J connectivity index is 1.93. The van der Waals surface area contributed by atoms with Crippen molar-refractivity contribution in [3.63, 3.8) is 0 Å². The van der Waals surface area contributed by atoms with E-state index < -0.39 is 0 Å². The van der Waals surface area contributed by atoms with Gasteiger partial charge in [-0.3, -0.25) is 9.59 Å². The Bertz CT molecular complexity index is 554. The standard InChI is InChI=1S/C16H20N2O2/c1-11-4-5-12(17)13(8-11)18-14(19)9-16(10-15(18)20)6-2-3-7-16/h4-5,8H,2-3,6-7,9-10,17H2,1H3. The molecule has 1 aromatic carbocycles. The van der Waals surface area contributed by atoms with Crippen LogP contribution in [0.2, 0.25) is 0 Å². The van der Waals surface area contributed by atoms with Gasteiger partial charge in [0.1, 0.15) is 0 Å². The predicted molar refractivity (Wildman–Crippen MR) is 78.2 cm³/mol. The predicted octanol–water partition coefficient (Wildman–Crippen LogP) is 2.79. The molecule has 1 aliphatic heterocycles. The summed E-state index contributed by atoms with van der Waals surface area (Å²) in [7, 11) is 0. The summed E-state index contributed by atoms with van der Waals surface area (Å²) in [6, 6.07) is 5.46. The van der Waals surface area contributed by atoms with E-state index in [2.05, 4.69) is 0 Å². The van der Waals surface area contributed by atoms with Crippen molar-refractivity contribution in [1.82, 2.24) is 0 Å². The molecule has 2 aliphatic rings. The van der Waals surface area contributed by atoms with Gasteiger partial charge in [-0.1, -0.05) is 18.9 Å². The molecule has 2 fully saturated rings. The van der Waals surface area contributed by atoms with Gasteiger partial charge in [-0.15, -0.1) is 0 Å². The van der Waals surface area contributed by atoms with Crippen LogP contribution in [0.5, 0.6) is 0 Å². The minimum Gasteiger partial charge on any atom is -0.397 e. The second kappa shape index (κ2) is 4.62. The number of imide groups is 1. The lowest BCUT2D eigenvalue weighted by atomic mass is 9.76. The van der Waals surface area contributed by atoms with E-state index in [1.807, 2.05) is 19.1 Å². The fourth-order valence-electron chi connectivity index (χ4n) is 3.60. The maximum atomic E-state index is 12.5. The first-order valence-electron chi connectivity index (χ1n) is 7.23. The van der Waals surface area contributed by atoms with Crippen LogP contribution in [-0.2, 0) is 9.59 Å². The van der Waals surface area contributed by atoms with E-state index in [4.69, 9.17) is 5.73 Å². The van der Waals surface area contributed by atoms with E-state index in [1.165, 1.54) is 4.90 Å². The maximum Gasteiger partial charge on any atom is 0.234 e. The molecule has 20 heavy (non-hydrogen) atoms. The van der Waals surface area contributed by atoms with Crippen molar-refractivity contribution >= 4 is 23.2 Å². The van der Waals surface area contributed by atoms with Crippen LogP contribution in [0.1, 0.15) is 44.1 Å². The molecule has 0 aromatic heterocycles. The zero-order valence-corrected chi connectivity index (χ0v) is 11.8. The van der Waals surface area contributed by atoms with Crippen LogP contribution in [0.3, 0.4) is 0 Å². The van der Waals surface area contributed by atoms with Crippen molar-refractivity contribution in [3.8, 4) is 0 Å². The molecule has 0 atom stereocenters. The third-order valence-electron chi connectivity index (χ3n) is 4.64. The summed E-state index contributed by atoms with van der Waals surface area (Å²) in [5, 5.41) is 0. The number of piperidine rings is 1. The Morgan fingerprint density at radius 2 is 1.70 bits per heavy atom. The average Bonchev–Trinajstić information content (AvgIpc) is 2.80. The summed E-state index contributed by atoms with van der Waals surface area (Å²) in [6.07, 6.45) is 5.22. The van der Waals surface area contributed by atoms with E-state index in [9.17, 15) is 9.59 Å². The first-order chi connectivity index (χ1) is 9.51. The number of hydrogen-bond donors (Lipinski definition) is 1. The van der Waals surface area contributed by atoms with Crippen molar-refractivity contribution in [2.24, 2.45) is 5.41 Å². The van der Waals surface area contributed by atoms with E-state index in [0.717, 1.165) is 31.2 Å². The molecule has 1 saturated carbocycles. The average molecular weight is 272 g/mol. The maximum absolute atomic E-state index is 12.5. The van der Waals surface area contributed by atoms with Gasteiger partial charge in [-0.2, -0.15) is 0 Å². The molecule has 0 unspecified atom stereocenters.